The summed E-state index contributed by atoms with van der Waals surface area (Å²) in [6.45, 7) is 1.20. The molecule has 1 amide bonds. The molecule has 0 spiro atoms. The van der Waals surface area contributed by atoms with Gasteiger partial charge in [0.15, 0.2) is 0 Å². The van der Waals surface area contributed by atoms with Crippen molar-refractivity contribution < 1.29 is 14.6 Å². The number of para-hydroxylation sites is 1. The summed E-state index contributed by atoms with van der Waals surface area (Å²) in [5, 5.41) is 11.1. The van der Waals surface area contributed by atoms with Gasteiger partial charge in [-0.2, -0.15) is 0 Å². The fourth-order valence-corrected chi connectivity index (χ4v) is 3.03. The van der Waals surface area contributed by atoms with Gasteiger partial charge in [-0.25, -0.2) is 0 Å². The van der Waals surface area contributed by atoms with E-state index >= 15 is 0 Å². The van der Waals surface area contributed by atoms with Crippen molar-refractivity contribution in [3.05, 3.63) is 65.2 Å². The van der Waals surface area contributed by atoms with Crippen molar-refractivity contribution in [1.82, 2.24) is 4.90 Å². The van der Waals surface area contributed by atoms with Gasteiger partial charge in [0.05, 0.1) is 10.6 Å². The Bertz CT molecular complexity index is 697. The largest absolute Gasteiger partial charge is 0.491 e. The lowest BCUT2D eigenvalue weighted by Crippen LogP contribution is -2.49. The first-order valence-electron chi connectivity index (χ1n) is 8.01. The average molecular weight is 346 g/mol. The van der Waals surface area contributed by atoms with Crippen molar-refractivity contribution in [1.29, 1.82) is 0 Å². The zero-order chi connectivity index (χ0) is 17.0. The predicted octanol–water partition coefficient (Wildman–Crippen LogP) is 3.39. The van der Waals surface area contributed by atoms with Gasteiger partial charge in [-0.1, -0.05) is 41.9 Å². The molecule has 1 heterocycles. The lowest BCUT2D eigenvalue weighted by molar-refractivity contribution is -0.0475. The smallest absolute Gasteiger partial charge is 0.255 e. The van der Waals surface area contributed by atoms with Crippen LogP contribution in [0, 0.1) is 0 Å². The number of benzene rings is 2. The van der Waals surface area contributed by atoms with Crippen LogP contribution in [0.4, 0.5) is 0 Å². The molecule has 0 radical (unpaired) electrons. The van der Waals surface area contributed by atoms with Crippen LogP contribution in [0.15, 0.2) is 54.6 Å². The highest BCUT2D eigenvalue weighted by atomic mass is 35.5. The predicted molar refractivity (Wildman–Crippen MR) is 93.5 cm³/mol. The van der Waals surface area contributed by atoms with E-state index in [1.807, 2.05) is 30.3 Å². The number of amides is 1. The Kier molecular flexibility index (Phi) is 5.07. The molecule has 3 rings (SSSR count). The van der Waals surface area contributed by atoms with Gasteiger partial charge in [-0.3, -0.25) is 4.79 Å². The zero-order valence-electron chi connectivity index (χ0n) is 13.3. The van der Waals surface area contributed by atoms with Crippen LogP contribution in [0.3, 0.4) is 0 Å². The normalized spacial score (nSPS) is 16.7. The molecule has 2 aromatic rings. The first-order valence-corrected chi connectivity index (χ1v) is 8.39. The molecule has 2 aromatic carbocycles. The summed E-state index contributed by atoms with van der Waals surface area (Å²) in [5.41, 5.74) is -0.405. The third-order valence-electron chi connectivity index (χ3n) is 4.34. The van der Waals surface area contributed by atoms with Gasteiger partial charge in [0, 0.05) is 13.1 Å². The van der Waals surface area contributed by atoms with Crippen LogP contribution < -0.4 is 4.74 Å². The van der Waals surface area contributed by atoms with Crippen LogP contribution in [0.5, 0.6) is 5.75 Å². The maximum absolute atomic E-state index is 12.5. The summed E-state index contributed by atoms with van der Waals surface area (Å²) in [5.74, 6) is 0.645. The number of rotatable bonds is 4. The highest BCUT2D eigenvalue weighted by Gasteiger charge is 2.35. The van der Waals surface area contributed by atoms with Crippen molar-refractivity contribution in [3.63, 3.8) is 0 Å². The number of hydrogen-bond acceptors (Lipinski definition) is 3. The minimum absolute atomic E-state index is 0.0911. The van der Waals surface area contributed by atoms with E-state index in [9.17, 15) is 9.90 Å². The molecule has 0 aromatic heterocycles. The quantitative estimate of drug-likeness (QED) is 0.924. The van der Waals surface area contributed by atoms with Crippen molar-refractivity contribution in [2.75, 3.05) is 19.7 Å². The van der Waals surface area contributed by atoms with E-state index in [-0.39, 0.29) is 12.5 Å². The summed E-state index contributed by atoms with van der Waals surface area (Å²) in [4.78, 5) is 14.3. The average Bonchev–Trinajstić information content (AvgIpc) is 2.62. The SMILES string of the molecule is O=C(c1ccccc1Cl)N1CCC(O)(COc2ccccc2)CC1. The number of carbonyl (C=O) groups is 1. The fourth-order valence-electron chi connectivity index (χ4n) is 2.81. The lowest BCUT2D eigenvalue weighted by atomic mass is 9.92. The Hall–Kier alpha value is -2.04. The van der Waals surface area contributed by atoms with Gasteiger partial charge < -0.3 is 14.7 Å². The summed E-state index contributed by atoms with van der Waals surface area (Å²) in [7, 11) is 0. The Labute approximate surface area is 146 Å². The van der Waals surface area contributed by atoms with Crippen molar-refractivity contribution in [2.24, 2.45) is 0 Å². The Balaban J connectivity index is 1.57. The molecule has 0 unspecified atom stereocenters. The van der Waals surface area contributed by atoms with E-state index in [0.717, 1.165) is 5.75 Å². The standard InChI is InChI=1S/C19H20ClNO3/c20-17-9-5-4-8-16(17)18(22)21-12-10-19(23,11-13-21)14-24-15-6-2-1-3-7-15/h1-9,23H,10-14H2. The molecular formula is C19H20ClNO3. The molecule has 4 nitrogen and oxygen atoms in total. The third kappa shape index (κ3) is 3.89. The Morgan fingerprint density at radius 2 is 1.71 bits per heavy atom. The van der Waals surface area contributed by atoms with Crippen LogP contribution in [0.25, 0.3) is 0 Å². The highest BCUT2D eigenvalue weighted by molar-refractivity contribution is 6.33. The molecule has 0 atom stereocenters. The topological polar surface area (TPSA) is 49.8 Å². The third-order valence-corrected chi connectivity index (χ3v) is 4.67. The number of likely N-dealkylation sites (tertiary alicyclic amines) is 1. The molecule has 24 heavy (non-hydrogen) atoms. The van der Waals surface area contributed by atoms with E-state index in [2.05, 4.69) is 0 Å². The first-order chi connectivity index (χ1) is 11.6. The van der Waals surface area contributed by atoms with Gasteiger partial charge in [-0.05, 0) is 37.1 Å². The van der Waals surface area contributed by atoms with E-state index in [4.69, 9.17) is 16.3 Å². The number of halogens is 1. The van der Waals surface area contributed by atoms with Crippen LogP contribution in [-0.2, 0) is 0 Å². The number of carbonyl (C=O) groups excluding carboxylic acids is 1. The lowest BCUT2D eigenvalue weighted by Gasteiger charge is -2.38. The minimum Gasteiger partial charge on any atom is -0.491 e. The van der Waals surface area contributed by atoms with Gasteiger partial charge in [0.2, 0.25) is 0 Å². The van der Waals surface area contributed by atoms with Crippen molar-refractivity contribution in [2.45, 2.75) is 18.4 Å². The van der Waals surface area contributed by atoms with Gasteiger partial charge in [0.1, 0.15) is 18.0 Å². The second-order valence-electron chi connectivity index (χ2n) is 6.10. The van der Waals surface area contributed by atoms with Gasteiger partial charge in [0.25, 0.3) is 5.91 Å². The summed E-state index contributed by atoms with van der Waals surface area (Å²) >= 11 is 6.10. The maximum Gasteiger partial charge on any atom is 0.255 e. The van der Waals surface area contributed by atoms with Gasteiger partial charge >= 0.3 is 0 Å². The van der Waals surface area contributed by atoms with E-state index in [0.29, 0.717) is 36.5 Å². The highest BCUT2D eigenvalue weighted by Crippen LogP contribution is 2.26. The second-order valence-corrected chi connectivity index (χ2v) is 6.51. The van der Waals surface area contributed by atoms with Crippen LogP contribution >= 0.6 is 11.6 Å². The summed E-state index contributed by atoms with van der Waals surface area (Å²) in [6, 6.07) is 16.5. The molecule has 0 bridgehead atoms. The molecule has 126 valence electrons. The van der Waals surface area contributed by atoms with E-state index < -0.39 is 5.60 Å². The Morgan fingerprint density at radius 3 is 2.38 bits per heavy atom. The van der Waals surface area contributed by atoms with E-state index in [1.165, 1.54) is 0 Å². The molecule has 1 fully saturated rings. The molecule has 5 heteroatoms. The van der Waals surface area contributed by atoms with E-state index in [1.54, 1.807) is 29.2 Å². The minimum atomic E-state index is -0.910. The zero-order valence-corrected chi connectivity index (χ0v) is 14.1. The van der Waals surface area contributed by atoms with Gasteiger partial charge in [-0.15, -0.1) is 0 Å². The number of hydrogen-bond donors (Lipinski definition) is 1. The number of nitrogens with zero attached hydrogens (tertiary/aromatic N) is 1. The fraction of sp³-hybridized carbons (Fsp3) is 0.316. The summed E-state index contributed by atoms with van der Waals surface area (Å²) < 4.78 is 5.67. The molecule has 1 aliphatic heterocycles. The van der Waals surface area contributed by atoms with Crippen molar-refractivity contribution in [3.8, 4) is 5.75 Å². The first kappa shape index (κ1) is 16.8. The maximum atomic E-state index is 12.5. The molecule has 0 aliphatic carbocycles. The number of ether oxygens (including phenoxy) is 1. The molecule has 0 saturated carbocycles. The van der Waals surface area contributed by atoms with Crippen LogP contribution in [0.2, 0.25) is 5.02 Å². The molecular weight excluding hydrogens is 326 g/mol. The molecule has 1 aliphatic rings. The molecule has 1 N–H and O–H groups in total. The monoisotopic (exact) mass is 345 g/mol. The molecule has 1 saturated heterocycles. The van der Waals surface area contributed by atoms with Crippen LogP contribution in [0.1, 0.15) is 23.2 Å². The van der Waals surface area contributed by atoms with Crippen molar-refractivity contribution >= 4 is 17.5 Å². The number of aliphatic hydroxyl groups is 1. The summed E-state index contributed by atoms with van der Waals surface area (Å²) in [6.07, 6.45) is 0.964. The van der Waals surface area contributed by atoms with Crippen LogP contribution in [-0.4, -0.2) is 41.2 Å². The number of piperidine rings is 1. The second kappa shape index (κ2) is 7.24. The Morgan fingerprint density at radius 1 is 1.08 bits per heavy atom.